The summed E-state index contributed by atoms with van der Waals surface area (Å²) in [5, 5.41) is 8.86. The van der Waals surface area contributed by atoms with Crippen LogP contribution in [0.3, 0.4) is 0 Å². The van der Waals surface area contributed by atoms with Crippen LogP contribution in [0.4, 0.5) is 4.39 Å². The lowest BCUT2D eigenvalue weighted by Crippen LogP contribution is -2.15. The number of hydrogen-bond acceptors (Lipinski definition) is 7. The highest BCUT2D eigenvalue weighted by atomic mass is 35.5. The van der Waals surface area contributed by atoms with Gasteiger partial charge in [0.1, 0.15) is 24.8 Å². The van der Waals surface area contributed by atoms with Gasteiger partial charge in [-0.05, 0) is 42.0 Å². The molecule has 0 radical (unpaired) electrons. The topological polar surface area (TPSA) is 66.6 Å². The minimum Gasteiger partial charge on any atom is -0.486 e. The molecule has 0 bridgehead atoms. The van der Waals surface area contributed by atoms with E-state index in [1.807, 2.05) is 12.1 Å². The van der Waals surface area contributed by atoms with Crippen molar-refractivity contribution in [2.24, 2.45) is 0 Å². The zero-order chi connectivity index (χ0) is 18.6. The van der Waals surface area contributed by atoms with E-state index in [0.29, 0.717) is 52.4 Å². The lowest BCUT2D eigenvalue weighted by atomic mass is 10.2. The number of nitrogens with zero attached hydrogens (tertiary/aromatic N) is 2. The van der Waals surface area contributed by atoms with E-state index >= 15 is 0 Å². The van der Waals surface area contributed by atoms with Gasteiger partial charge in [-0.2, -0.15) is 0 Å². The van der Waals surface area contributed by atoms with Crippen LogP contribution in [0, 0.1) is 5.82 Å². The Bertz CT molecular complexity index is 936. The number of halogens is 2. The van der Waals surface area contributed by atoms with Crippen LogP contribution in [0.15, 0.2) is 46.0 Å². The van der Waals surface area contributed by atoms with E-state index in [9.17, 15) is 4.39 Å². The summed E-state index contributed by atoms with van der Waals surface area (Å²) < 4.78 is 35.0. The molecule has 0 amide bonds. The Hall–Kier alpha value is -2.45. The summed E-state index contributed by atoms with van der Waals surface area (Å²) in [5.74, 6) is 2.34. The van der Waals surface area contributed by atoms with Crippen LogP contribution in [-0.4, -0.2) is 23.4 Å². The number of ether oxygens (including phenoxy) is 3. The maximum Gasteiger partial charge on any atom is 0.277 e. The van der Waals surface area contributed by atoms with Gasteiger partial charge in [-0.3, -0.25) is 0 Å². The van der Waals surface area contributed by atoms with Gasteiger partial charge in [0.25, 0.3) is 11.1 Å². The second kappa shape index (κ2) is 8.06. The van der Waals surface area contributed by atoms with E-state index in [1.165, 1.54) is 36.0 Å². The summed E-state index contributed by atoms with van der Waals surface area (Å²) in [5.41, 5.74) is 0.955. The van der Waals surface area contributed by atoms with Gasteiger partial charge < -0.3 is 18.6 Å². The highest BCUT2D eigenvalue weighted by Gasteiger charge is 2.17. The van der Waals surface area contributed by atoms with Crippen LogP contribution < -0.4 is 14.2 Å². The molecule has 9 heteroatoms. The molecule has 0 saturated carbocycles. The number of hydrogen-bond donors (Lipinski definition) is 0. The first-order chi connectivity index (χ1) is 13.2. The molecule has 0 saturated heterocycles. The van der Waals surface area contributed by atoms with Crippen molar-refractivity contribution in [1.29, 1.82) is 0 Å². The van der Waals surface area contributed by atoms with Crippen molar-refractivity contribution in [3.8, 4) is 17.2 Å². The number of aromatic nitrogens is 2. The van der Waals surface area contributed by atoms with Gasteiger partial charge >= 0.3 is 0 Å². The lowest BCUT2D eigenvalue weighted by molar-refractivity contribution is 0.171. The largest absolute Gasteiger partial charge is 0.486 e. The zero-order valence-electron chi connectivity index (χ0n) is 14.0. The molecule has 2 aromatic carbocycles. The molecule has 1 aromatic heterocycles. The first kappa shape index (κ1) is 17.9. The molecule has 6 nitrogen and oxygen atoms in total. The van der Waals surface area contributed by atoms with Gasteiger partial charge in [0.2, 0.25) is 0 Å². The van der Waals surface area contributed by atoms with Crippen LogP contribution in [0.2, 0.25) is 5.02 Å². The Balaban J connectivity index is 1.34. The second-order valence-corrected chi connectivity index (χ2v) is 6.93. The third-order valence-corrected chi connectivity index (χ3v) is 4.81. The third-order valence-electron chi connectivity index (χ3n) is 3.64. The van der Waals surface area contributed by atoms with Crippen molar-refractivity contribution in [3.05, 3.63) is 58.7 Å². The standard InChI is InChI=1S/C18H14ClFN2O4S/c19-14-7-11(8-15-17(14)24-6-5-23-15)10-27-18-22-21-16(26-18)9-25-13-3-1-12(20)2-4-13/h1-4,7-8H,5-6,9-10H2. The number of fused-ring (bicyclic) bond motifs is 1. The first-order valence-corrected chi connectivity index (χ1v) is 9.45. The van der Waals surface area contributed by atoms with Crippen LogP contribution in [0.5, 0.6) is 17.2 Å². The van der Waals surface area contributed by atoms with Crippen LogP contribution >= 0.6 is 23.4 Å². The van der Waals surface area contributed by atoms with Gasteiger partial charge in [0.05, 0.1) is 5.02 Å². The first-order valence-electron chi connectivity index (χ1n) is 8.09. The smallest absolute Gasteiger partial charge is 0.277 e. The van der Waals surface area contributed by atoms with E-state index in [0.717, 1.165) is 5.56 Å². The monoisotopic (exact) mass is 408 g/mol. The zero-order valence-corrected chi connectivity index (χ0v) is 15.6. The van der Waals surface area contributed by atoms with E-state index < -0.39 is 0 Å². The summed E-state index contributed by atoms with van der Waals surface area (Å²) in [7, 11) is 0. The minimum absolute atomic E-state index is 0.106. The normalized spacial score (nSPS) is 12.8. The average Bonchev–Trinajstić information content (AvgIpc) is 3.14. The van der Waals surface area contributed by atoms with E-state index in [-0.39, 0.29) is 12.4 Å². The van der Waals surface area contributed by atoms with Crippen molar-refractivity contribution in [3.63, 3.8) is 0 Å². The summed E-state index contributed by atoms with van der Waals surface area (Å²) in [4.78, 5) is 0. The average molecular weight is 409 g/mol. The molecule has 140 valence electrons. The van der Waals surface area contributed by atoms with Crippen LogP contribution in [-0.2, 0) is 12.4 Å². The van der Waals surface area contributed by atoms with E-state index in [4.69, 9.17) is 30.2 Å². The Morgan fingerprint density at radius 2 is 1.93 bits per heavy atom. The molecule has 0 aliphatic carbocycles. The molecule has 0 fully saturated rings. The summed E-state index contributed by atoms with van der Waals surface area (Å²) >= 11 is 7.61. The van der Waals surface area contributed by atoms with Gasteiger partial charge in [0.15, 0.2) is 18.1 Å². The fourth-order valence-electron chi connectivity index (χ4n) is 2.42. The Morgan fingerprint density at radius 3 is 2.78 bits per heavy atom. The molecule has 2 heterocycles. The van der Waals surface area contributed by atoms with Gasteiger partial charge in [-0.25, -0.2) is 4.39 Å². The second-order valence-electron chi connectivity index (χ2n) is 5.59. The Labute approximate surface area is 163 Å². The Kier molecular flexibility index (Phi) is 5.35. The van der Waals surface area contributed by atoms with E-state index in [1.54, 1.807) is 0 Å². The molecule has 3 aromatic rings. The minimum atomic E-state index is -0.321. The molecule has 1 aliphatic heterocycles. The predicted molar refractivity (Wildman–Crippen MR) is 97.0 cm³/mol. The van der Waals surface area contributed by atoms with Crippen molar-refractivity contribution < 1.29 is 23.0 Å². The summed E-state index contributed by atoms with van der Waals surface area (Å²) in [6.07, 6.45) is 0. The molecule has 0 N–H and O–H groups in total. The highest BCUT2D eigenvalue weighted by molar-refractivity contribution is 7.98. The molecule has 27 heavy (non-hydrogen) atoms. The van der Waals surface area contributed by atoms with Gasteiger partial charge in [-0.1, -0.05) is 23.4 Å². The fourth-order valence-corrected chi connectivity index (χ4v) is 3.42. The van der Waals surface area contributed by atoms with Crippen LogP contribution in [0.1, 0.15) is 11.5 Å². The predicted octanol–water partition coefficient (Wildman–Crippen LogP) is 4.50. The quantitative estimate of drug-likeness (QED) is 0.556. The molecule has 1 aliphatic rings. The molecule has 0 spiro atoms. The van der Waals surface area contributed by atoms with Crippen molar-refractivity contribution in [2.45, 2.75) is 17.6 Å². The fraction of sp³-hybridized carbons (Fsp3) is 0.222. The molecule has 0 unspecified atom stereocenters. The SMILES string of the molecule is Fc1ccc(OCc2nnc(SCc3cc(Cl)c4c(c3)OCCO4)o2)cc1. The number of benzene rings is 2. The summed E-state index contributed by atoms with van der Waals surface area (Å²) in [6, 6.07) is 9.44. The maximum absolute atomic E-state index is 12.9. The third kappa shape index (κ3) is 4.45. The molecule has 0 atom stereocenters. The van der Waals surface area contributed by atoms with Crippen molar-refractivity contribution in [1.82, 2.24) is 10.2 Å². The van der Waals surface area contributed by atoms with E-state index in [2.05, 4.69) is 10.2 Å². The molecular formula is C18H14ClFN2O4S. The highest BCUT2D eigenvalue weighted by Crippen LogP contribution is 2.39. The summed E-state index contributed by atoms with van der Waals surface area (Å²) in [6.45, 7) is 1.10. The maximum atomic E-state index is 12.9. The Morgan fingerprint density at radius 1 is 1.11 bits per heavy atom. The van der Waals surface area contributed by atoms with Gasteiger partial charge in [-0.15, -0.1) is 10.2 Å². The molecular weight excluding hydrogens is 395 g/mol. The van der Waals surface area contributed by atoms with Crippen molar-refractivity contribution >= 4 is 23.4 Å². The van der Waals surface area contributed by atoms with Gasteiger partial charge in [0, 0.05) is 5.75 Å². The molecule has 4 rings (SSSR count). The van der Waals surface area contributed by atoms with Crippen LogP contribution in [0.25, 0.3) is 0 Å². The lowest BCUT2D eigenvalue weighted by Gasteiger charge is -2.20. The van der Waals surface area contributed by atoms with Crippen molar-refractivity contribution in [2.75, 3.05) is 13.2 Å². The number of rotatable bonds is 6. The number of thioether (sulfide) groups is 1.